The fourth-order valence-corrected chi connectivity index (χ4v) is 4.85. The third-order valence-electron chi connectivity index (χ3n) is 6.32. The number of ether oxygens (including phenoxy) is 1. The van der Waals surface area contributed by atoms with E-state index >= 15 is 0 Å². The number of hydrogen-bond acceptors (Lipinski definition) is 4. The number of ketones is 1. The van der Waals surface area contributed by atoms with E-state index in [4.69, 9.17) is 4.74 Å². The van der Waals surface area contributed by atoms with Crippen molar-refractivity contribution in [1.82, 2.24) is 4.90 Å². The van der Waals surface area contributed by atoms with Crippen molar-refractivity contribution in [2.45, 2.75) is 79.4 Å². The Bertz CT molecular complexity index is 519. The van der Waals surface area contributed by atoms with Crippen LogP contribution < -0.4 is 0 Å². The molecule has 4 heteroatoms. The highest BCUT2D eigenvalue weighted by Crippen LogP contribution is 2.44. The van der Waals surface area contributed by atoms with Crippen LogP contribution in [0.3, 0.4) is 0 Å². The number of likely N-dealkylation sites (tertiary alicyclic amines) is 1. The van der Waals surface area contributed by atoms with E-state index in [0.717, 1.165) is 37.9 Å². The Morgan fingerprint density at radius 2 is 2.00 bits per heavy atom. The zero-order valence-corrected chi connectivity index (χ0v) is 16.1. The number of cyclic esters (lactones) is 1. The highest BCUT2D eigenvalue weighted by molar-refractivity contribution is 5.85. The smallest absolute Gasteiger partial charge is 0.332 e. The van der Waals surface area contributed by atoms with Gasteiger partial charge in [-0.25, -0.2) is 4.79 Å². The number of esters is 1. The van der Waals surface area contributed by atoms with Gasteiger partial charge in [0.1, 0.15) is 11.9 Å². The van der Waals surface area contributed by atoms with E-state index < -0.39 is 0 Å². The van der Waals surface area contributed by atoms with Gasteiger partial charge in [-0.05, 0) is 38.5 Å². The predicted molar refractivity (Wildman–Crippen MR) is 95.4 cm³/mol. The van der Waals surface area contributed by atoms with Gasteiger partial charge in [-0.2, -0.15) is 0 Å². The summed E-state index contributed by atoms with van der Waals surface area (Å²) in [4.78, 5) is 27.0. The lowest BCUT2D eigenvalue weighted by molar-refractivity contribution is -0.150. The first-order valence-corrected chi connectivity index (χ1v) is 9.48. The highest BCUT2D eigenvalue weighted by atomic mass is 16.5. The van der Waals surface area contributed by atoms with Crippen molar-refractivity contribution in [2.24, 2.45) is 17.3 Å². The Hall–Kier alpha value is -1.32. The summed E-state index contributed by atoms with van der Waals surface area (Å²) in [6, 6.07) is 0.192. The summed E-state index contributed by atoms with van der Waals surface area (Å²) in [7, 11) is 0. The van der Waals surface area contributed by atoms with Crippen LogP contribution in [0.5, 0.6) is 0 Å². The van der Waals surface area contributed by atoms with Crippen LogP contribution in [0.4, 0.5) is 0 Å². The lowest BCUT2D eigenvalue weighted by Gasteiger charge is -2.45. The van der Waals surface area contributed by atoms with Crippen LogP contribution >= 0.6 is 0 Å². The van der Waals surface area contributed by atoms with E-state index in [0.29, 0.717) is 0 Å². The van der Waals surface area contributed by atoms with Crippen molar-refractivity contribution in [2.75, 3.05) is 6.54 Å². The molecule has 0 radical (unpaired) electrons. The Balaban J connectivity index is 2.39. The molecule has 24 heavy (non-hydrogen) atoms. The van der Waals surface area contributed by atoms with Gasteiger partial charge in [0, 0.05) is 35.7 Å². The maximum atomic E-state index is 12.5. The fraction of sp³-hybridized carbons (Fsp3) is 0.800. The average molecular weight is 335 g/mol. The van der Waals surface area contributed by atoms with Crippen molar-refractivity contribution < 1.29 is 14.3 Å². The number of carbonyl (C=O) groups is 2. The normalized spacial score (nSPS) is 28.1. The molecule has 2 aliphatic rings. The monoisotopic (exact) mass is 335 g/mol. The molecule has 0 aromatic heterocycles. The summed E-state index contributed by atoms with van der Waals surface area (Å²) in [5, 5.41) is 0. The van der Waals surface area contributed by atoms with Gasteiger partial charge in [0.2, 0.25) is 0 Å². The maximum Gasteiger partial charge on any atom is 0.332 e. The minimum Gasteiger partial charge on any atom is -0.458 e. The van der Waals surface area contributed by atoms with E-state index in [1.807, 2.05) is 0 Å². The Morgan fingerprint density at radius 3 is 2.50 bits per heavy atom. The molecule has 1 saturated heterocycles. The molecule has 2 heterocycles. The first kappa shape index (κ1) is 19.0. The van der Waals surface area contributed by atoms with Crippen LogP contribution in [0.2, 0.25) is 0 Å². The van der Waals surface area contributed by atoms with Crippen molar-refractivity contribution in [3.05, 3.63) is 11.8 Å². The first-order valence-electron chi connectivity index (χ1n) is 9.48. The molecule has 0 amide bonds. The van der Waals surface area contributed by atoms with Gasteiger partial charge in [-0.1, -0.05) is 34.6 Å². The quantitative estimate of drug-likeness (QED) is 0.690. The van der Waals surface area contributed by atoms with E-state index in [1.165, 1.54) is 0 Å². The van der Waals surface area contributed by atoms with Crippen molar-refractivity contribution in [3.63, 3.8) is 0 Å². The summed E-state index contributed by atoms with van der Waals surface area (Å²) in [5.74, 6) is 0.482. The zero-order chi connectivity index (χ0) is 18.1. The molecule has 0 aliphatic carbocycles. The number of nitrogens with zero attached hydrogens (tertiary/aromatic N) is 1. The Kier molecular flexibility index (Phi) is 5.77. The molecule has 0 aromatic rings. The topological polar surface area (TPSA) is 46.6 Å². The molecule has 0 spiro atoms. The molecule has 3 atom stereocenters. The molecule has 0 unspecified atom stereocenters. The first-order chi connectivity index (χ1) is 11.3. The Morgan fingerprint density at radius 1 is 1.38 bits per heavy atom. The zero-order valence-electron chi connectivity index (χ0n) is 16.1. The summed E-state index contributed by atoms with van der Waals surface area (Å²) < 4.78 is 5.56. The second-order valence-electron chi connectivity index (χ2n) is 7.77. The Labute approximate surface area is 146 Å². The van der Waals surface area contributed by atoms with Gasteiger partial charge in [-0.15, -0.1) is 0 Å². The molecular weight excluding hydrogens is 302 g/mol. The second-order valence-corrected chi connectivity index (χ2v) is 7.77. The van der Waals surface area contributed by atoms with Crippen LogP contribution in [0.15, 0.2) is 11.8 Å². The minimum atomic E-state index is -0.314. The summed E-state index contributed by atoms with van der Waals surface area (Å²) in [5.41, 5.74) is 0.756. The molecule has 136 valence electrons. The molecule has 1 fully saturated rings. The van der Waals surface area contributed by atoms with Crippen LogP contribution in [0, 0.1) is 17.3 Å². The molecule has 2 aliphatic heterocycles. The van der Waals surface area contributed by atoms with Gasteiger partial charge in [-0.3, -0.25) is 4.79 Å². The SMILES string of the molecule is CCC(CC)(C(C)=O)[C@@H]1CCCN1C1=CC(=O)O[C@H](C(C)C)[C@@H]1C. The molecular formula is C20H33NO3. The molecule has 0 aromatic carbocycles. The van der Waals surface area contributed by atoms with Gasteiger partial charge < -0.3 is 9.64 Å². The van der Waals surface area contributed by atoms with Gasteiger partial charge in [0.25, 0.3) is 0 Å². The van der Waals surface area contributed by atoms with Gasteiger partial charge in [0.15, 0.2) is 0 Å². The van der Waals surface area contributed by atoms with Crippen LogP contribution in [0.1, 0.15) is 67.2 Å². The average Bonchev–Trinajstić information content (AvgIpc) is 3.00. The number of rotatable bonds is 6. The predicted octanol–water partition coefficient (Wildman–Crippen LogP) is 3.95. The van der Waals surface area contributed by atoms with E-state index in [-0.39, 0.29) is 41.1 Å². The maximum absolute atomic E-state index is 12.5. The third-order valence-corrected chi connectivity index (χ3v) is 6.32. The van der Waals surface area contributed by atoms with E-state index in [9.17, 15) is 9.59 Å². The third kappa shape index (κ3) is 3.12. The molecule has 2 rings (SSSR count). The minimum absolute atomic E-state index is 0.0891. The van der Waals surface area contributed by atoms with E-state index in [1.54, 1.807) is 13.0 Å². The largest absolute Gasteiger partial charge is 0.458 e. The number of carbonyl (C=O) groups excluding carboxylic acids is 2. The van der Waals surface area contributed by atoms with Crippen molar-refractivity contribution >= 4 is 11.8 Å². The summed E-state index contributed by atoms with van der Waals surface area (Å²) in [6.45, 7) is 13.2. The van der Waals surface area contributed by atoms with Crippen molar-refractivity contribution in [3.8, 4) is 0 Å². The molecule has 4 nitrogen and oxygen atoms in total. The molecule has 0 saturated carbocycles. The lowest BCUT2D eigenvalue weighted by atomic mass is 9.71. The van der Waals surface area contributed by atoms with Crippen LogP contribution in [0.25, 0.3) is 0 Å². The van der Waals surface area contributed by atoms with Crippen molar-refractivity contribution in [1.29, 1.82) is 0 Å². The van der Waals surface area contributed by atoms with Gasteiger partial charge >= 0.3 is 5.97 Å². The van der Waals surface area contributed by atoms with E-state index in [2.05, 4.69) is 39.5 Å². The summed E-state index contributed by atoms with van der Waals surface area (Å²) in [6.07, 6.45) is 5.36. The molecule has 0 bridgehead atoms. The number of Topliss-reactive ketones (excluding diaryl/α,β-unsaturated/α-hetero) is 1. The number of hydrogen-bond donors (Lipinski definition) is 0. The van der Waals surface area contributed by atoms with Gasteiger partial charge in [0.05, 0.1) is 0 Å². The van der Waals surface area contributed by atoms with Crippen LogP contribution in [-0.4, -0.2) is 35.3 Å². The molecule has 0 N–H and O–H groups in total. The lowest BCUT2D eigenvalue weighted by Crippen LogP contribution is -2.50. The van der Waals surface area contributed by atoms with Crippen LogP contribution in [-0.2, 0) is 14.3 Å². The fourth-order valence-electron chi connectivity index (χ4n) is 4.85. The second kappa shape index (κ2) is 7.28. The standard InChI is InChI=1S/C20H33NO3/c1-7-20(8-2,15(6)22)17-10-9-11-21(17)16-12-18(23)24-19(13(3)4)14(16)5/h12-14,17,19H,7-11H2,1-6H3/t14-,17+,19-/m1/s1. The highest BCUT2D eigenvalue weighted by Gasteiger charge is 2.47. The summed E-state index contributed by atoms with van der Waals surface area (Å²) >= 11 is 0.